The van der Waals surface area contributed by atoms with Crippen LogP contribution in [0.25, 0.3) is 5.65 Å². The lowest BCUT2D eigenvalue weighted by atomic mass is 10.1. The molecule has 3 aromatic heterocycles. The van der Waals surface area contributed by atoms with Gasteiger partial charge in [0.25, 0.3) is 0 Å². The Balaban J connectivity index is 1.30. The zero-order chi connectivity index (χ0) is 19.3. The van der Waals surface area contributed by atoms with Crippen molar-refractivity contribution in [3.05, 3.63) is 60.2 Å². The van der Waals surface area contributed by atoms with Crippen molar-refractivity contribution in [2.24, 2.45) is 4.99 Å². The van der Waals surface area contributed by atoms with Crippen LogP contribution in [0.1, 0.15) is 24.2 Å². The Bertz CT molecular complexity index is 940. The number of aryl methyl sites for hydroxylation is 1. The molecule has 0 aliphatic carbocycles. The molecule has 3 aromatic rings. The van der Waals surface area contributed by atoms with Crippen molar-refractivity contribution in [1.29, 1.82) is 0 Å². The molecule has 0 bridgehead atoms. The van der Waals surface area contributed by atoms with Crippen LogP contribution in [0.4, 0.5) is 5.82 Å². The van der Waals surface area contributed by atoms with Crippen molar-refractivity contribution in [3.63, 3.8) is 0 Å². The van der Waals surface area contributed by atoms with Gasteiger partial charge in [-0.25, -0.2) is 9.97 Å². The number of fused-ring (bicyclic) bond motifs is 1. The molecule has 4 heterocycles. The number of pyridine rings is 2. The van der Waals surface area contributed by atoms with Gasteiger partial charge in [-0.2, -0.15) is 0 Å². The smallest absolute Gasteiger partial charge is 0.191 e. The number of aromatic nitrogens is 3. The summed E-state index contributed by atoms with van der Waals surface area (Å²) in [5.41, 5.74) is 3.15. The summed E-state index contributed by atoms with van der Waals surface area (Å²) in [7, 11) is 1.81. The van der Waals surface area contributed by atoms with Gasteiger partial charge in [-0.1, -0.05) is 12.1 Å². The van der Waals surface area contributed by atoms with E-state index in [0.717, 1.165) is 49.0 Å². The molecule has 2 N–H and O–H groups in total. The van der Waals surface area contributed by atoms with Crippen LogP contribution in [0.15, 0.2) is 53.8 Å². The van der Waals surface area contributed by atoms with Crippen molar-refractivity contribution >= 4 is 17.4 Å². The number of nitrogens with one attached hydrogen (secondary N) is 2. The van der Waals surface area contributed by atoms with E-state index in [-0.39, 0.29) is 0 Å². The minimum Gasteiger partial charge on any atom is -0.356 e. The molecule has 0 unspecified atom stereocenters. The lowest BCUT2D eigenvalue weighted by molar-refractivity contribution is 0.459. The van der Waals surface area contributed by atoms with Crippen LogP contribution in [0.5, 0.6) is 0 Å². The highest BCUT2D eigenvalue weighted by atomic mass is 15.2. The minimum absolute atomic E-state index is 0.412. The van der Waals surface area contributed by atoms with Gasteiger partial charge >= 0.3 is 0 Å². The number of guanidine groups is 1. The number of nitrogens with zero attached hydrogens (tertiary/aromatic N) is 5. The number of anilines is 1. The monoisotopic (exact) mass is 377 g/mol. The van der Waals surface area contributed by atoms with Gasteiger partial charge in [0.15, 0.2) is 5.96 Å². The van der Waals surface area contributed by atoms with E-state index in [1.165, 1.54) is 5.69 Å². The Labute approximate surface area is 165 Å². The van der Waals surface area contributed by atoms with Gasteiger partial charge in [0, 0.05) is 44.3 Å². The van der Waals surface area contributed by atoms with E-state index in [9.17, 15) is 0 Å². The van der Waals surface area contributed by atoms with Gasteiger partial charge in [0.2, 0.25) is 0 Å². The van der Waals surface area contributed by atoms with E-state index < -0.39 is 0 Å². The largest absolute Gasteiger partial charge is 0.356 e. The van der Waals surface area contributed by atoms with Crippen LogP contribution in [0, 0.1) is 6.92 Å². The van der Waals surface area contributed by atoms with E-state index in [0.29, 0.717) is 12.6 Å². The maximum Gasteiger partial charge on any atom is 0.191 e. The molecule has 7 heteroatoms. The predicted molar refractivity (Wildman–Crippen MR) is 113 cm³/mol. The first-order chi connectivity index (χ1) is 13.7. The van der Waals surface area contributed by atoms with E-state index in [1.54, 1.807) is 0 Å². The second-order valence-corrected chi connectivity index (χ2v) is 7.15. The molecule has 0 aromatic carbocycles. The van der Waals surface area contributed by atoms with Gasteiger partial charge < -0.3 is 19.9 Å². The topological polar surface area (TPSA) is 69.8 Å². The third-order valence-corrected chi connectivity index (χ3v) is 5.22. The molecule has 0 radical (unpaired) electrons. The Morgan fingerprint density at radius 1 is 1.18 bits per heavy atom. The quantitative estimate of drug-likeness (QED) is 0.540. The lowest BCUT2D eigenvalue weighted by Crippen LogP contribution is -2.48. The lowest BCUT2D eigenvalue weighted by Gasteiger charge is -2.33. The highest BCUT2D eigenvalue weighted by Crippen LogP contribution is 2.17. The highest BCUT2D eigenvalue weighted by molar-refractivity contribution is 5.80. The fourth-order valence-corrected chi connectivity index (χ4v) is 3.64. The molecule has 1 aliphatic rings. The maximum absolute atomic E-state index is 4.67. The molecule has 146 valence electrons. The normalized spacial score (nSPS) is 15.8. The highest BCUT2D eigenvalue weighted by Gasteiger charge is 2.20. The van der Waals surface area contributed by atoms with Crippen LogP contribution >= 0.6 is 0 Å². The third-order valence-electron chi connectivity index (χ3n) is 5.22. The first kappa shape index (κ1) is 18.3. The van der Waals surface area contributed by atoms with E-state index in [4.69, 9.17) is 0 Å². The van der Waals surface area contributed by atoms with Crippen LogP contribution < -0.4 is 15.5 Å². The second-order valence-electron chi connectivity index (χ2n) is 7.15. The van der Waals surface area contributed by atoms with Gasteiger partial charge in [0.1, 0.15) is 11.5 Å². The first-order valence-electron chi connectivity index (χ1n) is 9.79. The molecule has 1 fully saturated rings. The summed E-state index contributed by atoms with van der Waals surface area (Å²) in [6, 6.07) is 12.6. The summed E-state index contributed by atoms with van der Waals surface area (Å²) < 4.78 is 2.11. The SMILES string of the molecule is CN=C(NCc1cn2c(C)cccc2n1)NC1CCN(c2ccccn2)CC1. The van der Waals surface area contributed by atoms with Crippen molar-refractivity contribution in [3.8, 4) is 0 Å². The van der Waals surface area contributed by atoms with Crippen molar-refractivity contribution in [1.82, 2.24) is 25.0 Å². The van der Waals surface area contributed by atoms with Gasteiger partial charge in [0.05, 0.1) is 12.2 Å². The molecule has 4 rings (SSSR count). The van der Waals surface area contributed by atoms with Crippen LogP contribution in [0.2, 0.25) is 0 Å². The van der Waals surface area contributed by atoms with Crippen molar-refractivity contribution in [2.75, 3.05) is 25.0 Å². The van der Waals surface area contributed by atoms with Gasteiger partial charge in [-0.3, -0.25) is 4.99 Å². The third kappa shape index (κ3) is 4.08. The molecule has 0 amide bonds. The summed E-state index contributed by atoms with van der Waals surface area (Å²) >= 11 is 0. The number of aliphatic imine (C=N–C) groups is 1. The van der Waals surface area contributed by atoms with Crippen molar-refractivity contribution in [2.45, 2.75) is 32.4 Å². The fraction of sp³-hybridized carbons (Fsp3) is 0.381. The molecular weight excluding hydrogens is 350 g/mol. The molecule has 1 saturated heterocycles. The van der Waals surface area contributed by atoms with E-state index in [2.05, 4.69) is 60.1 Å². The Kier molecular flexibility index (Phi) is 5.41. The molecule has 0 spiro atoms. The van der Waals surface area contributed by atoms with Crippen LogP contribution in [-0.2, 0) is 6.54 Å². The predicted octanol–water partition coefficient (Wildman–Crippen LogP) is 2.37. The Morgan fingerprint density at radius 3 is 2.75 bits per heavy atom. The maximum atomic E-state index is 4.67. The molecule has 0 saturated carbocycles. The number of piperidine rings is 1. The first-order valence-corrected chi connectivity index (χ1v) is 9.79. The summed E-state index contributed by atoms with van der Waals surface area (Å²) in [6.45, 7) is 4.73. The zero-order valence-corrected chi connectivity index (χ0v) is 16.5. The van der Waals surface area contributed by atoms with Crippen LogP contribution in [-0.4, -0.2) is 46.5 Å². The Hall–Kier alpha value is -3.09. The zero-order valence-electron chi connectivity index (χ0n) is 16.5. The molecular formula is C21H27N7. The average Bonchev–Trinajstić information content (AvgIpc) is 3.17. The minimum atomic E-state index is 0.412. The Morgan fingerprint density at radius 2 is 2.04 bits per heavy atom. The molecule has 1 aliphatic heterocycles. The number of hydrogen-bond acceptors (Lipinski definition) is 4. The summed E-state index contributed by atoms with van der Waals surface area (Å²) in [4.78, 5) is 15.8. The second kappa shape index (κ2) is 8.29. The van der Waals surface area contributed by atoms with E-state index in [1.807, 2.05) is 37.5 Å². The average molecular weight is 377 g/mol. The summed E-state index contributed by atoms with van der Waals surface area (Å²) in [6.07, 6.45) is 6.05. The van der Waals surface area contributed by atoms with Gasteiger partial charge in [-0.15, -0.1) is 0 Å². The summed E-state index contributed by atoms with van der Waals surface area (Å²) in [5.74, 6) is 1.88. The summed E-state index contributed by atoms with van der Waals surface area (Å²) in [5, 5.41) is 6.94. The number of rotatable bonds is 4. The standard InChI is InChI=1S/C21H27N7/c1-16-6-5-8-20-25-18(15-28(16)20)14-24-21(22-2)26-17-9-12-27(13-10-17)19-7-3-4-11-23-19/h3-8,11,15,17H,9-10,12-14H2,1-2H3,(H2,22,24,26). The molecule has 0 atom stereocenters. The van der Waals surface area contributed by atoms with Crippen LogP contribution in [0.3, 0.4) is 0 Å². The molecule has 7 nitrogen and oxygen atoms in total. The molecule has 28 heavy (non-hydrogen) atoms. The van der Waals surface area contributed by atoms with E-state index >= 15 is 0 Å². The van der Waals surface area contributed by atoms with Gasteiger partial charge in [-0.05, 0) is 44.0 Å². The number of imidazole rings is 1. The fourth-order valence-electron chi connectivity index (χ4n) is 3.64. The van der Waals surface area contributed by atoms with Crippen molar-refractivity contribution < 1.29 is 0 Å². The number of hydrogen-bond donors (Lipinski definition) is 2.